The molecule has 1 aliphatic carbocycles. The van der Waals surface area contributed by atoms with E-state index in [1.165, 1.54) is 26.4 Å². The summed E-state index contributed by atoms with van der Waals surface area (Å²) in [6, 6.07) is 17.3. The van der Waals surface area contributed by atoms with Crippen molar-refractivity contribution < 1.29 is 42.2 Å². The third-order valence-corrected chi connectivity index (χ3v) is 7.09. The first kappa shape index (κ1) is 29.0. The highest BCUT2D eigenvalue weighted by atomic mass is 31.2. The van der Waals surface area contributed by atoms with E-state index in [0.717, 1.165) is 35.0 Å². The first-order valence-electron chi connectivity index (χ1n) is 12.2. The highest BCUT2D eigenvalue weighted by Gasteiger charge is 2.27. The first-order chi connectivity index (χ1) is 19.2. The normalized spacial score (nSPS) is 15.0. The van der Waals surface area contributed by atoms with Gasteiger partial charge in [-0.25, -0.2) is 8.96 Å². The summed E-state index contributed by atoms with van der Waals surface area (Å²) in [5.74, 6) is -0.354. The summed E-state index contributed by atoms with van der Waals surface area (Å²) in [6.07, 6.45) is 1.92. The average molecular weight is 570 g/mol. The number of halogens is 1. The third-order valence-electron chi connectivity index (χ3n) is 6.36. The van der Waals surface area contributed by atoms with Gasteiger partial charge in [0.05, 0.1) is 20.6 Å². The van der Waals surface area contributed by atoms with Crippen LogP contribution < -0.4 is 19.7 Å². The van der Waals surface area contributed by atoms with Gasteiger partial charge in [-0.15, -0.1) is 0 Å². The summed E-state index contributed by atoms with van der Waals surface area (Å²) in [6.45, 7) is 2.27. The van der Waals surface area contributed by atoms with Crippen molar-refractivity contribution in [3.63, 3.8) is 0 Å². The fourth-order valence-electron chi connectivity index (χ4n) is 4.35. The topological polar surface area (TPSA) is 113 Å². The Labute approximate surface area is 231 Å². The number of rotatable bonds is 11. The second-order valence-corrected chi connectivity index (χ2v) is 10.3. The van der Waals surface area contributed by atoms with Crippen molar-refractivity contribution in [2.75, 3.05) is 21.3 Å². The van der Waals surface area contributed by atoms with Crippen molar-refractivity contribution >= 4 is 31.0 Å². The van der Waals surface area contributed by atoms with Crippen molar-refractivity contribution in [3.05, 3.63) is 94.3 Å². The van der Waals surface area contributed by atoms with Gasteiger partial charge in [0.1, 0.15) is 5.82 Å². The summed E-state index contributed by atoms with van der Waals surface area (Å²) < 4.78 is 45.7. The first-order valence-corrected chi connectivity index (χ1v) is 13.7. The van der Waals surface area contributed by atoms with Crippen LogP contribution in [0.2, 0.25) is 0 Å². The molecule has 3 aromatic rings. The molecule has 1 atom stereocenters. The summed E-state index contributed by atoms with van der Waals surface area (Å²) in [4.78, 5) is 27.4. The molecule has 1 unspecified atom stereocenters. The van der Waals surface area contributed by atoms with Gasteiger partial charge in [-0.05, 0) is 76.2 Å². The number of ether oxygens (including phenoxy) is 2. The van der Waals surface area contributed by atoms with Crippen LogP contribution in [0.15, 0.2) is 66.2 Å². The third kappa shape index (κ3) is 6.60. The molecule has 4 rings (SSSR count). The van der Waals surface area contributed by atoms with Gasteiger partial charge in [-0.3, -0.25) is 9.32 Å². The summed E-state index contributed by atoms with van der Waals surface area (Å²) in [5, 5.41) is 2.93. The van der Waals surface area contributed by atoms with Crippen LogP contribution in [0, 0.1) is 5.82 Å². The lowest BCUT2D eigenvalue weighted by molar-refractivity contribution is -0.127. The van der Waals surface area contributed by atoms with E-state index in [0.29, 0.717) is 17.7 Å². The molecule has 40 heavy (non-hydrogen) atoms. The molecule has 0 aromatic heterocycles. The van der Waals surface area contributed by atoms with Gasteiger partial charge in [0.15, 0.2) is 11.5 Å². The maximum Gasteiger partial charge on any atom is 0.508 e. The molecule has 210 valence electrons. The molecule has 0 fully saturated rings. The summed E-state index contributed by atoms with van der Waals surface area (Å²) in [7, 11) is -0.670. The predicted molar refractivity (Wildman–Crippen MR) is 148 cm³/mol. The molecule has 3 aromatic carbocycles. The maximum absolute atomic E-state index is 14.3. The van der Waals surface area contributed by atoms with Crippen molar-refractivity contribution in [1.82, 2.24) is 5.32 Å². The molecule has 0 spiro atoms. The minimum atomic E-state index is -4.44. The standard InChI is InChI=1S/C29H29FNO8P/c1-18-23(12-20-13-26(35-2)29(27(14-20)36-3)38-39-40(33,34)37-4)22-11-10-21(30)15-25(22)24(18)16-28(32)31-17-19-8-6-5-7-9-19/h5-15H,16-17H2,1-4H3,(H,31,32)(H,33,34)/b23-12-. The molecule has 0 saturated carbocycles. The number of carbonyl (C=O) groups is 1. The van der Waals surface area contributed by atoms with Crippen LogP contribution in [0.3, 0.4) is 0 Å². The quantitative estimate of drug-likeness (QED) is 0.166. The predicted octanol–water partition coefficient (Wildman–Crippen LogP) is 5.93. The second kappa shape index (κ2) is 12.5. The minimum absolute atomic E-state index is 0.0733. The highest BCUT2D eigenvalue weighted by molar-refractivity contribution is 7.47. The Kier molecular flexibility index (Phi) is 9.07. The molecule has 0 aliphatic heterocycles. The zero-order chi connectivity index (χ0) is 28.9. The molecule has 1 amide bonds. The number of amides is 1. The van der Waals surface area contributed by atoms with Crippen LogP contribution in [0.1, 0.15) is 35.6 Å². The Bertz CT molecular complexity index is 1490. The molecule has 2 N–H and O–H groups in total. The number of carbonyl (C=O) groups excluding carboxylic acids is 1. The van der Waals surface area contributed by atoms with Gasteiger partial charge in [-0.2, -0.15) is 0 Å². The number of benzene rings is 3. The number of allylic oxidation sites excluding steroid dienone is 2. The van der Waals surface area contributed by atoms with Gasteiger partial charge in [0.25, 0.3) is 0 Å². The van der Waals surface area contributed by atoms with Crippen LogP contribution in [-0.2, 0) is 25.1 Å². The number of hydrogen-bond donors (Lipinski definition) is 2. The van der Waals surface area contributed by atoms with Crippen LogP contribution >= 0.6 is 7.82 Å². The molecule has 0 bridgehead atoms. The summed E-state index contributed by atoms with van der Waals surface area (Å²) >= 11 is 0. The van der Waals surface area contributed by atoms with E-state index in [1.807, 2.05) is 43.3 Å². The Morgan fingerprint density at radius 2 is 1.68 bits per heavy atom. The molecule has 0 heterocycles. The lowest BCUT2D eigenvalue weighted by Crippen LogP contribution is -2.22. The van der Waals surface area contributed by atoms with Gasteiger partial charge < -0.3 is 24.6 Å². The SMILES string of the molecule is COc1cc(/C=C2/C(C)=C(CC(=O)NCc3ccccc3)c3cc(F)ccc32)cc(OC)c1OOP(=O)(O)OC. The van der Waals surface area contributed by atoms with E-state index in [4.69, 9.17) is 14.4 Å². The summed E-state index contributed by atoms with van der Waals surface area (Å²) in [5.41, 5.74) is 5.34. The van der Waals surface area contributed by atoms with Crippen molar-refractivity contribution in [1.29, 1.82) is 0 Å². The van der Waals surface area contributed by atoms with Crippen molar-refractivity contribution in [3.8, 4) is 17.2 Å². The minimum Gasteiger partial charge on any atom is -0.493 e. The number of phosphoric ester groups is 1. The van der Waals surface area contributed by atoms with Crippen LogP contribution in [-0.4, -0.2) is 32.1 Å². The van der Waals surface area contributed by atoms with Gasteiger partial charge in [0.2, 0.25) is 11.7 Å². The van der Waals surface area contributed by atoms with Crippen molar-refractivity contribution in [2.24, 2.45) is 0 Å². The van der Waals surface area contributed by atoms with Gasteiger partial charge >= 0.3 is 7.82 Å². The van der Waals surface area contributed by atoms with E-state index < -0.39 is 13.6 Å². The van der Waals surface area contributed by atoms with E-state index in [2.05, 4.69) is 14.5 Å². The molecular weight excluding hydrogens is 540 g/mol. The maximum atomic E-state index is 14.3. The number of methoxy groups -OCH3 is 2. The monoisotopic (exact) mass is 569 g/mol. The molecular formula is C29H29FNO8P. The van der Waals surface area contributed by atoms with Crippen LogP contribution in [0.4, 0.5) is 4.39 Å². The Hall–Kier alpha value is -3.95. The van der Waals surface area contributed by atoms with Crippen molar-refractivity contribution in [2.45, 2.75) is 19.9 Å². The van der Waals surface area contributed by atoms with Gasteiger partial charge in [-0.1, -0.05) is 41.1 Å². The molecule has 11 heteroatoms. The Morgan fingerprint density at radius 1 is 1.00 bits per heavy atom. The zero-order valence-corrected chi connectivity index (χ0v) is 23.3. The molecule has 0 saturated heterocycles. The van der Waals surface area contributed by atoms with Crippen LogP contribution in [0.25, 0.3) is 17.2 Å². The smallest absolute Gasteiger partial charge is 0.493 e. The lowest BCUT2D eigenvalue weighted by atomic mass is 10.00. The number of fused-ring (bicyclic) bond motifs is 1. The molecule has 0 radical (unpaired) electrons. The number of nitrogens with one attached hydrogen (secondary N) is 1. The fourth-order valence-corrected chi connectivity index (χ4v) is 4.58. The Balaban J connectivity index is 1.67. The highest BCUT2D eigenvalue weighted by Crippen LogP contribution is 2.48. The van der Waals surface area contributed by atoms with E-state index >= 15 is 0 Å². The average Bonchev–Trinajstić information content (AvgIpc) is 3.20. The lowest BCUT2D eigenvalue weighted by Gasteiger charge is -2.15. The number of hydrogen-bond acceptors (Lipinski definition) is 7. The van der Waals surface area contributed by atoms with Crippen LogP contribution in [0.5, 0.6) is 17.2 Å². The van der Waals surface area contributed by atoms with E-state index in [1.54, 1.807) is 18.2 Å². The fraction of sp³-hybridized carbons (Fsp3) is 0.207. The van der Waals surface area contributed by atoms with Gasteiger partial charge in [0, 0.05) is 13.7 Å². The van der Waals surface area contributed by atoms with E-state index in [9.17, 15) is 18.6 Å². The number of phosphoric acid groups is 1. The zero-order valence-electron chi connectivity index (χ0n) is 22.4. The Morgan fingerprint density at radius 3 is 2.30 bits per heavy atom. The second-order valence-electron chi connectivity index (χ2n) is 8.85. The largest absolute Gasteiger partial charge is 0.508 e. The molecule has 9 nitrogen and oxygen atoms in total. The van der Waals surface area contributed by atoms with E-state index in [-0.39, 0.29) is 29.6 Å². The molecule has 1 aliphatic rings.